The lowest BCUT2D eigenvalue weighted by Gasteiger charge is -2.08. The number of ketones is 1. The number of esters is 1. The van der Waals surface area contributed by atoms with E-state index >= 15 is 0 Å². The molecule has 2 rings (SSSR count). The first-order valence-electron chi connectivity index (χ1n) is 7.95. The number of Topliss-reactive ketones (excluding diaryl/α,β-unsaturated/α-hetero) is 1. The van der Waals surface area contributed by atoms with Crippen LogP contribution < -0.4 is 9.47 Å². The highest BCUT2D eigenvalue weighted by molar-refractivity contribution is 6.36. The minimum absolute atomic E-state index is 0.108. The lowest BCUT2D eigenvalue weighted by Crippen LogP contribution is -2.13. The Morgan fingerprint density at radius 2 is 1.93 bits per heavy atom. The van der Waals surface area contributed by atoms with Crippen molar-refractivity contribution < 1.29 is 23.8 Å². The molecule has 0 aromatic heterocycles. The predicted molar refractivity (Wildman–Crippen MR) is 105 cm³/mol. The Hall–Kier alpha value is -3.01. The summed E-state index contributed by atoms with van der Waals surface area (Å²) in [6.45, 7) is -0.557. The van der Waals surface area contributed by atoms with Crippen LogP contribution >= 0.6 is 23.2 Å². The van der Waals surface area contributed by atoms with Crippen molar-refractivity contribution in [1.82, 2.24) is 0 Å². The smallest absolute Gasteiger partial charge is 0.331 e. The number of nitriles is 1. The van der Waals surface area contributed by atoms with E-state index in [1.807, 2.05) is 6.07 Å². The van der Waals surface area contributed by atoms with Crippen molar-refractivity contribution in [3.8, 4) is 17.6 Å². The van der Waals surface area contributed by atoms with Crippen LogP contribution in [0.2, 0.25) is 10.0 Å². The van der Waals surface area contributed by atoms with Gasteiger partial charge in [-0.1, -0.05) is 29.3 Å². The molecule has 8 heteroatoms. The summed E-state index contributed by atoms with van der Waals surface area (Å²) in [5, 5.41) is 9.16. The minimum Gasteiger partial charge on any atom is -0.493 e. The average molecular weight is 420 g/mol. The van der Waals surface area contributed by atoms with Crippen LogP contribution in [0.15, 0.2) is 42.5 Å². The fourth-order valence-electron chi connectivity index (χ4n) is 2.16. The Morgan fingerprint density at radius 1 is 1.14 bits per heavy atom. The molecule has 0 aliphatic rings. The molecule has 0 spiro atoms. The molecule has 2 aromatic rings. The van der Waals surface area contributed by atoms with Crippen molar-refractivity contribution in [1.29, 1.82) is 5.26 Å². The molecular weight excluding hydrogens is 405 g/mol. The average Bonchev–Trinajstić information content (AvgIpc) is 2.69. The molecule has 0 radical (unpaired) electrons. The monoisotopic (exact) mass is 419 g/mol. The van der Waals surface area contributed by atoms with Crippen LogP contribution in [0.1, 0.15) is 15.9 Å². The molecule has 0 amide bonds. The SMILES string of the molecule is COc1cc(/C=C/C(=O)OCC(=O)c2ccc(Cl)cc2Cl)ccc1OCC#N. The molecule has 0 N–H and O–H groups in total. The minimum atomic E-state index is -0.692. The number of ether oxygens (including phenoxy) is 3. The first-order valence-corrected chi connectivity index (χ1v) is 8.71. The van der Waals surface area contributed by atoms with E-state index in [0.29, 0.717) is 22.1 Å². The number of carbonyl (C=O) groups excluding carboxylic acids is 2. The second-order valence-corrected chi connectivity index (χ2v) is 6.19. The molecule has 0 bridgehead atoms. The number of carbonyl (C=O) groups is 2. The maximum Gasteiger partial charge on any atom is 0.331 e. The van der Waals surface area contributed by atoms with E-state index in [0.717, 1.165) is 0 Å². The van der Waals surface area contributed by atoms with Gasteiger partial charge in [-0.15, -0.1) is 0 Å². The van der Waals surface area contributed by atoms with Gasteiger partial charge in [0.1, 0.15) is 6.07 Å². The lowest BCUT2D eigenvalue weighted by atomic mass is 10.1. The van der Waals surface area contributed by atoms with E-state index in [9.17, 15) is 9.59 Å². The van der Waals surface area contributed by atoms with Gasteiger partial charge in [-0.25, -0.2) is 4.79 Å². The molecular formula is C20H15Cl2NO5. The highest BCUT2D eigenvalue weighted by Gasteiger charge is 2.12. The zero-order chi connectivity index (χ0) is 20.5. The zero-order valence-corrected chi connectivity index (χ0v) is 16.3. The van der Waals surface area contributed by atoms with Gasteiger partial charge in [0.05, 0.1) is 12.1 Å². The Balaban J connectivity index is 1.96. The van der Waals surface area contributed by atoms with Crippen LogP contribution in [0.4, 0.5) is 0 Å². The van der Waals surface area contributed by atoms with Crippen LogP contribution in [-0.4, -0.2) is 32.1 Å². The number of hydrogen-bond donors (Lipinski definition) is 0. The first kappa shape index (κ1) is 21.3. The zero-order valence-electron chi connectivity index (χ0n) is 14.8. The van der Waals surface area contributed by atoms with Crippen molar-refractivity contribution in [3.63, 3.8) is 0 Å². The molecule has 144 valence electrons. The van der Waals surface area contributed by atoms with E-state index in [-0.39, 0.29) is 17.2 Å². The maximum absolute atomic E-state index is 12.1. The Labute approximate surface area is 171 Å². The van der Waals surface area contributed by atoms with E-state index < -0.39 is 18.4 Å². The van der Waals surface area contributed by atoms with Gasteiger partial charge >= 0.3 is 5.97 Å². The van der Waals surface area contributed by atoms with E-state index in [1.165, 1.54) is 37.5 Å². The van der Waals surface area contributed by atoms with Gasteiger partial charge in [-0.05, 0) is 42.0 Å². The molecule has 0 heterocycles. The Kier molecular flexibility index (Phi) is 7.88. The van der Waals surface area contributed by atoms with Crippen molar-refractivity contribution >= 4 is 41.0 Å². The highest BCUT2D eigenvalue weighted by Crippen LogP contribution is 2.28. The summed E-state index contributed by atoms with van der Waals surface area (Å²) >= 11 is 11.7. The van der Waals surface area contributed by atoms with Crippen molar-refractivity contribution in [3.05, 3.63) is 63.6 Å². The fourth-order valence-corrected chi connectivity index (χ4v) is 2.67. The molecule has 0 atom stereocenters. The quantitative estimate of drug-likeness (QED) is 0.359. The molecule has 0 saturated carbocycles. The number of hydrogen-bond acceptors (Lipinski definition) is 6. The molecule has 0 aliphatic heterocycles. The van der Waals surface area contributed by atoms with Gasteiger partial charge in [0.2, 0.25) is 5.78 Å². The first-order chi connectivity index (χ1) is 13.4. The normalized spacial score (nSPS) is 10.4. The second kappa shape index (κ2) is 10.4. The summed E-state index contributed by atoms with van der Waals surface area (Å²) < 4.78 is 15.3. The Morgan fingerprint density at radius 3 is 2.61 bits per heavy atom. The third kappa shape index (κ3) is 6.02. The van der Waals surface area contributed by atoms with Gasteiger partial charge in [0, 0.05) is 16.7 Å². The van der Waals surface area contributed by atoms with Crippen LogP contribution in [0.3, 0.4) is 0 Å². The number of nitrogens with zero attached hydrogens (tertiary/aromatic N) is 1. The number of methoxy groups -OCH3 is 1. The molecule has 0 saturated heterocycles. The topological polar surface area (TPSA) is 85.6 Å². The fraction of sp³-hybridized carbons (Fsp3) is 0.150. The third-order valence-electron chi connectivity index (χ3n) is 3.47. The molecule has 0 fully saturated rings. The van der Waals surface area contributed by atoms with E-state index in [4.69, 9.17) is 42.7 Å². The van der Waals surface area contributed by atoms with Gasteiger partial charge in [0.15, 0.2) is 24.7 Å². The second-order valence-electron chi connectivity index (χ2n) is 5.35. The summed E-state index contributed by atoms with van der Waals surface area (Å²) in [6.07, 6.45) is 2.68. The maximum atomic E-state index is 12.1. The van der Waals surface area contributed by atoms with Crippen molar-refractivity contribution in [2.45, 2.75) is 0 Å². The lowest BCUT2D eigenvalue weighted by molar-refractivity contribution is -0.136. The van der Waals surface area contributed by atoms with Gasteiger partial charge < -0.3 is 14.2 Å². The largest absolute Gasteiger partial charge is 0.493 e. The third-order valence-corrected chi connectivity index (χ3v) is 4.02. The van der Waals surface area contributed by atoms with Crippen LogP contribution in [0.25, 0.3) is 6.08 Å². The molecule has 0 aliphatic carbocycles. The summed E-state index contributed by atoms with van der Waals surface area (Å²) in [6, 6.07) is 11.2. The van der Waals surface area contributed by atoms with Crippen LogP contribution in [0, 0.1) is 11.3 Å². The Bertz CT molecular complexity index is 950. The molecule has 0 unspecified atom stereocenters. The van der Waals surface area contributed by atoms with Crippen molar-refractivity contribution in [2.24, 2.45) is 0 Å². The standard InChI is InChI=1S/C20H15Cl2NO5/c1-26-19-10-13(2-6-18(19)27-9-8-23)3-7-20(25)28-12-17(24)15-5-4-14(21)11-16(15)22/h2-7,10-11H,9,12H2,1H3/b7-3+. The highest BCUT2D eigenvalue weighted by atomic mass is 35.5. The molecule has 28 heavy (non-hydrogen) atoms. The summed E-state index contributed by atoms with van der Waals surface area (Å²) in [5.74, 6) is -0.307. The van der Waals surface area contributed by atoms with E-state index in [1.54, 1.807) is 18.2 Å². The summed E-state index contributed by atoms with van der Waals surface area (Å²) in [5.41, 5.74) is 0.866. The van der Waals surface area contributed by atoms with Gasteiger partial charge in [-0.3, -0.25) is 4.79 Å². The van der Waals surface area contributed by atoms with E-state index in [2.05, 4.69) is 0 Å². The van der Waals surface area contributed by atoms with Gasteiger partial charge in [-0.2, -0.15) is 5.26 Å². The number of rotatable bonds is 8. The van der Waals surface area contributed by atoms with Crippen LogP contribution in [0.5, 0.6) is 11.5 Å². The predicted octanol–water partition coefficient (Wildman–Crippen LogP) is 4.34. The van der Waals surface area contributed by atoms with Gasteiger partial charge in [0.25, 0.3) is 0 Å². The number of benzene rings is 2. The molecule has 6 nitrogen and oxygen atoms in total. The number of halogens is 2. The summed E-state index contributed by atoms with van der Waals surface area (Å²) in [4.78, 5) is 23.9. The van der Waals surface area contributed by atoms with Crippen molar-refractivity contribution in [2.75, 3.05) is 20.3 Å². The summed E-state index contributed by atoms with van der Waals surface area (Å²) in [7, 11) is 1.46. The molecule has 2 aromatic carbocycles. The van der Waals surface area contributed by atoms with Crippen LogP contribution in [-0.2, 0) is 9.53 Å².